The Morgan fingerprint density at radius 2 is 1.57 bits per heavy atom. The summed E-state index contributed by atoms with van der Waals surface area (Å²) in [6.07, 6.45) is 6.42. The number of likely N-dealkylation sites (tertiary alicyclic amines) is 1. The molecular formula is C21H31N3O3S. The molecule has 2 heterocycles. The van der Waals surface area contributed by atoms with E-state index in [2.05, 4.69) is 9.80 Å². The predicted molar refractivity (Wildman–Crippen MR) is 108 cm³/mol. The molecular weight excluding hydrogens is 374 g/mol. The minimum absolute atomic E-state index is 0.211. The molecule has 154 valence electrons. The highest BCUT2D eigenvalue weighted by Crippen LogP contribution is 2.36. The van der Waals surface area contributed by atoms with E-state index in [9.17, 15) is 13.2 Å². The number of piperidine rings is 1. The van der Waals surface area contributed by atoms with Crippen LogP contribution in [0.2, 0.25) is 0 Å². The standard InChI is InChI=1S/C21H31N3O3S/c25-21(23-11-10-18-6-4-5-7-19(18)16-23)17-22-12-14-24(15-13-22)28(26,27)20-8-2-1-3-9-20/h1-3,8-9,18-19H,4-7,10-17H2/t18-,19-/m0/s1. The number of piperazine rings is 1. The van der Waals surface area contributed by atoms with Gasteiger partial charge in [-0.1, -0.05) is 37.5 Å². The maximum absolute atomic E-state index is 12.8. The second-order valence-corrected chi connectivity index (χ2v) is 10.4. The van der Waals surface area contributed by atoms with Gasteiger partial charge in [0.15, 0.2) is 0 Å². The lowest BCUT2D eigenvalue weighted by molar-refractivity contribution is -0.135. The Labute approximate surface area is 168 Å². The van der Waals surface area contributed by atoms with Crippen LogP contribution >= 0.6 is 0 Å². The summed E-state index contributed by atoms with van der Waals surface area (Å²) in [6.45, 7) is 4.32. The largest absolute Gasteiger partial charge is 0.341 e. The number of rotatable bonds is 4. The molecule has 0 radical (unpaired) electrons. The normalized spacial score (nSPS) is 27.4. The number of benzene rings is 1. The van der Waals surface area contributed by atoms with E-state index in [0.717, 1.165) is 25.4 Å². The van der Waals surface area contributed by atoms with Gasteiger partial charge in [-0.3, -0.25) is 9.69 Å². The van der Waals surface area contributed by atoms with Crippen molar-refractivity contribution in [1.29, 1.82) is 0 Å². The van der Waals surface area contributed by atoms with Crippen LogP contribution in [0.15, 0.2) is 35.2 Å². The number of hydrogen-bond acceptors (Lipinski definition) is 4. The molecule has 1 saturated carbocycles. The first kappa shape index (κ1) is 19.9. The van der Waals surface area contributed by atoms with Crippen LogP contribution in [0.25, 0.3) is 0 Å². The van der Waals surface area contributed by atoms with E-state index >= 15 is 0 Å². The highest BCUT2D eigenvalue weighted by Gasteiger charge is 2.34. The summed E-state index contributed by atoms with van der Waals surface area (Å²) in [7, 11) is -3.44. The molecule has 1 aromatic rings. The van der Waals surface area contributed by atoms with Gasteiger partial charge in [0.2, 0.25) is 15.9 Å². The van der Waals surface area contributed by atoms with Crippen LogP contribution in [0, 0.1) is 11.8 Å². The van der Waals surface area contributed by atoms with Gasteiger partial charge in [0.25, 0.3) is 0 Å². The van der Waals surface area contributed by atoms with Crippen molar-refractivity contribution in [2.75, 3.05) is 45.8 Å². The Morgan fingerprint density at radius 1 is 0.893 bits per heavy atom. The molecule has 2 atom stereocenters. The third-order valence-electron chi connectivity index (χ3n) is 6.72. The molecule has 4 rings (SSSR count). The number of amides is 1. The maximum atomic E-state index is 12.8. The fraction of sp³-hybridized carbons (Fsp3) is 0.667. The van der Waals surface area contributed by atoms with Crippen LogP contribution < -0.4 is 0 Å². The lowest BCUT2D eigenvalue weighted by Crippen LogP contribution is -2.53. The van der Waals surface area contributed by atoms with Crippen molar-refractivity contribution in [2.24, 2.45) is 11.8 Å². The second kappa shape index (κ2) is 8.51. The number of fused-ring (bicyclic) bond motifs is 1. The first-order chi connectivity index (χ1) is 13.5. The number of carbonyl (C=O) groups excluding carboxylic acids is 1. The molecule has 0 N–H and O–H groups in total. The van der Waals surface area contributed by atoms with Crippen LogP contribution in [0.1, 0.15) is 32.1 Å². The van der Waals surface area contributed by atoms with Gasteiger partial charge in [0, 0.05) is 39.3 Å². The molecule has 3 fully saturated rings. The van der Waals surface area contributed by atoms with Gasteiger partial charge in [0.1, 0.15) is 0 Å². The van der Waals surface area contributed by atoms with E-state index in [1.807, 2.05) is 6.07 Å². The number of sulfonamides is 1. The second-order valence-electron chi connectivity index (χ2n) is 8.43. The molecule has 6 nitrogen and oxygen atoms in total. The Bertz CT molecular complexity index is 775. The minimum atomic E-state index is -3.44. The Morgan fingerprint density at radius 3 is 2.29 bits per heavy atom. The highest BCUT2D eigenvalue weighted by molar-refractivity contribution is 7.89. The summed E-state index contributed by atoms with van der Waals surface area (Å²) in [5, 5.41) is 0. The fourth-order valence-corrected chi connectivity index (χ4v) is 6.43. The summed E-state index contributed by atoms with van der Waals surface area (Å²) in [4.78, 5) is 17.3. The Kier molecular flexibility index (Phi) is 6.04. The quantitative estimate of drug-likeness (QED) is 0.769. The molecule has 0 bridgehead atoms. The minimum Gasteiger partial charge on any atom is -0.341 e. The number of carbonyl (C=O) groups is 1. The molecule has 7 heteroatoms. The van der Waals surface area contributed by atoms with Gasteiger partial charge in [-0.2, -0.15) is 4.31 Å². The van der Waals surface area contributed by atoms with Gasteiger partial charge in [0.05, 0.1) is 11.4 Å². The molecule has 28 heavy (non-hydrogen) atoms. The SMILES string of the molecule is O=C(CN1CCN(S(=O)(=O)c2ccccc2)CC1)N1CC[C@@H]2CCCC[C@H]2C1. The summed E-state index contributed by atoms with van der Waals surface area (Å²) in [5.74, 6) is 1.73. The van der Waals surface area contributed by atoms with E-state index in [1.165, 1.54) is 30.0 Å². The third-order valence-corrected chi connectivity index (χ3v) is 8.63. The summed E-state index contributed by atoms with van der Waals surface area (Å²) < 4.78 is 27.0. The average molecular weight is 406 g/mol. The zero-order valence-electron chi connectivity index (χ0n) is 16.5. The van der Waals surface area contributed by atoms with E-state index < -0.39 is 10.0 Å². The highest BCUT2D eigenvalue weighted by atomic mass is 32.2. The molecule has 0 aromatic heterocycles. The molecule has 0 spiro atoms. The molecule has 2 aliphatic heterocycles. The van der Waals surface area contributed by atoms with Crippen molar-refractivity contribution in [3.63, 3.8) is 0 Å². The molecule has 3 aliphatic rings. The van der Waals surface area contributed by atoms with E-state index in [0.29, 0.717) is 43.5 Å². The van der Waals surface area contributed by atoms with Crippen molar-refractivity contribution >= 4 is 15.9 Å². The van der Waals surface area contributed by atoms with Gasteiger partial charge in [-0.25, -0.2) is 8.42 Å². The van der Waals surface area contributed by atoms with E-state index in [1.54, 1.807) is 24.3 Å². The number of hydrogen-bond donors (Lipinski definition) is 0. The topological polar surface area (TPSA) is 60.9 Å². The van der Waals surface area contributed by atoms with Gasteiger partial charge >= 0.3 is 0 Å². The Balaban J connectivity index is 1.28. The molecule has 2 saturated heterocycles. The lowest BCUT2D eigenvalue weighted by atomic mass is 9.75. The lowest BCUT2D eigenvalue weighted by Gasteiger charge is -2.42. The first-order valence-electron chi connectivity index (χ1n) is 10.6. The molecule has 1 amide bonds. The summed E-state index contributed by atoms with van der Waals surface area (Å²) in [5.41, 5.74) is 0. The first-order valence-corrected chi connectivity index (χ1v) is 12.0. The zero-order valence-corrected chi connectivity index (χ0v) is 17.3. The average Bonchev–Trinajstić information content (AvgIpc) is 2.74. The van der Waals surface area contributed by atoms with E-state index in [-0.39, 0.29) is 5.91 Å². The van der Waals surface area contributed by atoms with Crippen molar-refractivity contribution in [2.45, 2.75) is 37.0 Å². The van der Waals surface area contributed by atoms with Crippen molar-refractivity contribution < 1.29 is 13.2 Å². The van der Waals surface area contributed by atoms with Crippen LogP contribution in [0.5, 0.6) is 0 Å². The summed E-state index contributed by atoms with van der Waals surface area (Å²) >= 11 is 0. The molecule has 1 aliphatic carbocycles. The van der Waals surface area contributed by atoms with Crippen molar-refractivity contribution in [3.8, 4) is 0 Å². The fourth-order valence-electron chi connectivity index (χ4n) is 4.99. The monoisotopic (exact) mass is 405 g/mol. The van der Waals surface area contributed by atoms with Crippen LogP contribution in [-0.4, -0.2) is 74.2 Å². The molecule has 0 unspecified atom stereocenters. The third kappa shape index (κ3) is 4.26. The van der Waals surface area contributed by atoms with Crippen LogP contribution in [0.3, 0.4) is 0 Å². The van der Waals surface area contributed by atoms with Gasteiger partial charge in [-0.15, -0.1) is 0 Å². The van der Waals surface area contributed by atoms with Gasteiger partial charge < -0.3 is 4.90 Å². The van der Waals surface area contributed by atoms with Crippen LogP contribution in [-0.2, 0) is 14.8 Å². The van der Waals surface area contributed by atoms with Gasteiger partial charge in [-0.05, 0) is 36.8 Å². The Hall–Kier alpha value is -1.44. The smallest absolute Gasteiger partial charge is 0.243 e. The predicted octanol–water partition coefficient (Wildman–Crippen LogP) is 2.03. The van der Waals surface area contributed by atoms with E-state index in [4.69, 9.17) is 0 Å². The van der Waals surface area contributed by atoms with Crippen LogP contribution in [0.4, 0.5) is 0 Å². The molecule has 1 aromatic carbocycles. The number of nitrogens with zero attached hydrogens (tertiary/aromatic N) is 3. The zero-order chi connectivity index (χ0) is 19.6. The maximum Gasteiger partial charge on any atom is 0.243 e. The van der Waals surface area contributed by atoms with Crippen molar-refractivity contribution in [3.05, 3.63) is 30.3 Å². The van der Waals surface area contributed by atoms with Crippen molar-refractivity contribution in [1.82, 2.24) is 14.1 Å². The summed E-state index contributed by atoms with van der Waals surface area (Å²) in [6, 6.07) is 8.59.